The van der Waals surface area contributed by atoms with Crippen molar-refractivity contribution in [2.45, 2.75) is 0 Å². The molecule has 11 aromatic rings. The monoisotopic (exact) mass is 683 g/mol. The number of furan rings is 2. The minimum Gasteiger partial charge on any atom is -0.456 e. The summed E-state index contributed by atoms with van der Waals surface area (Å²) < 4.78 is 15.9. The van der Waals surface area contributed by atoms with Crippen LogP contribution in [0.4, 0.5) is 17.1 Å². The van der Waals surface area contributed by atoms with Crippen molar-refractivity contribution in [1.29, 1.82) is 0 Å². The second-order valence-corrected chi connectivity index (χ2v) is 14.3. The molecule has 0 bridgehead atoms. The van der Waals surface area contributed by atoms with E-state index in [1.807, 2.05) is 23.5 Å². The van der Waals surface area contributed by atoms with Gasteiger partial charge >= 0.3 is 0 Å². The lowest BCUT2D eigenvalue weighted by atomic mass is 9.96. The van der Waals surface area contributed by atoms with Crippen LogP contribution < -0.4 is 4.90 Å². The number of benzene rings is 8. The molecule has 0 amide bonds. The summed E-state index contributed by atoms with van der Waals surface area (Å²) in [5.41, 5.74) is 11.0. The predicted molar refractivity (Wildman–Crippen MR) is 219 cm³/mol. The average Bonchev–Trinajstić information content (AvgIpc) is 3.90. The average molecular weight is 684 g/mol. The van der Waals surface area contributed by atoms with Crippen molar-refractivity contribution < 1.29 is 8.83 Å². The molecule has 11 rings (SSSR count). The van der Waals surface area contributed by atoms with Gasteiger partial charge in [0.15, 0.2) is 0 Å². The number of thiophene rings is 1. The Morgan fingerprint density at radius 1 is 0.404 bits per heavy atom. The van der Waals surface area contributed by atoms with E-state index in [1.54, 1.807) is 0 Å². The first-order chi connectivity index (χ1) is 25.8. The first kappa shape index (κ1) is 29.1. The SMILES string of the molecule is c1ccc(-c2ccc3oc4ccccc4c3c2N(c2ccc3c(c2)sc2ccccc23)c2ccc(-c3ccccc3)c3oc4ccccc4c23)cc1. The van der Waals surface area contributed by atoms with E-state index in [2.05, 4.69) is 169 Å². The van der Waals surface area contributed by atoms with Crippen LogP contribution in [-0.2, 0) is 0 Å². The Labute approximate surface area is 303 Å². The third-order valence-corrected chi connectivity index (χ3v) is 11.4. The van der Waals surface area contributed by atoms with Crippen LogP contribution in [0.3, 0.4) is 0 Å². The Kier molecular flexibility index (Phi) is 6.42. The number of hydrogen-bond acceptors (Lipinski definition) is 4. The molecule has 4 heteroatoms. The summed E-state index contributed by atoms with van der Waals surface area (Å²) in [6.45, 7) is 0. The van der Waals surface area contributed by atoms with Gasteiger partial charge in [0, 0.05) is 47.8 Å². The summed E-state index contributed by atoms with van der Waals surface area (Å²) in [7, 11) is 0. The highest BCUT2D eigenvalue weighted by molar-refractivity contribution is 7.25. The van der Waals surface area contributed by atoms with E-state index in [-0.39, 0.29) is 0 Å². The van der Waals surface area contributed by atoms with E-state index in [9.17, 15) is 0 Å². The quantitative estimate of drug-likeness (QED) is 0.181. The highest BCUT2D eigenvalue weighted by atomic mass is 32.1. The Hall–Kier alpha value is -6.62. The van der Waals surface area contributed by atoms with Gasteiger partial charge in [0.25, 0.3) is 0 Å². The number of nitrogens with zero attached hydrogens (tertiary/aromatic N) is 1. The molecule has 3 heterocycles. The number of anilines is 3. The fraction of sp³-hybridized carbons (Fsp3) is 0. The first-order valence-corrected chi connectivity index (χ1v) is 18.3. The van der Waals surface area contributed by atoms with Gasteiger partial charge < -0.3 is 13.7 Å². The van der Waals surface area contributed by atoms with Crippen LogP contribution in [0.5, 0.6) is 0 Å². The van der Waals surface area contributed by atoms with Crippen molar-refractivity contribution in [2.75, 3.05) is 4.90 Å². The van der Waals surface area contributed by atoms with Crippen LogP contribution >= 0.6 is 11.3 Å². The summed E-state index contributed by atoms with van der Waals surface area (Å²) in [4.78, 5) is 2.45. The molecule has 0 saturated heterocycles. The summed E-state index contributed by atoms with van der Waals surface area (Å²) in [6, 6.07) is 62.4. The van der Waals surface area contributed by atoms with Crippen molar-refractivity contribution in [2.24, 2.45) is 0 Å². The molecule has 0 radical (unpaired) electrons. The molecule has 0 aliphatic rings. The second kappa shape index (κ2) is 11.5. The van der Waals surface area contributed by atoms with E-state index in [1.165, 1.54) is 20.2 Å². The van der Waals surface area contributed by atoms with Crippen molar-refractivity contribution in [3.05, 3.63) is 176 Å². The molecule has 0 unspecified atom stereocenters. The molecule has 3 nitrogen and oxygen atoms in total. The van der Waals surface area contributed by atoms with Crippen molar-refractivity contribution >= 4 is 92.4 Å². The Bertz CT molecular complexity index is 3130. The fourth-order valence-corrected chi connectivity index (χ4v) is 9.11. The molecular formula is C48H29NO2S. The lowest BCUT2D eigenvalue weighted by Gasteiger charge is -2.29. The molecule has 0 N–H and O–H groups in total. The minimum absolute atomic E-state index is 0.845. The Balaban J connectivity index is 1.32. The zero-order valence-corrected chi connectivity index (χ0v) is 28.7. The van der Waals surface area contributed by atoms with Gasteiger partial charge in [-0.05, 0) is 65.7 Å². The molecule has 0 aliphatic carbocycles. The van der Waals surface area contributed by atoms with Crippen LogP contribution in [0.25, 0.3) is 86.3 Å². The molecule has 0 spiro atoms. The number of para-hydroxylation sites is 2. The molecule has 52 heavy (non-hydrogen) atoms. The van der Waals surface area contributed by atoms with Crippen molar-refractivity contribution in [3.8, 4) is 22.3 Å². The van der Waals surface area contributed by atoms with Gasteiger partial charge in [-0.2, -0.15) is 0 Å². The van der Waals surface area contributed by atoms with Crippen LogP contribution in [0.1, 0.15) is 0 Å². The van der Waals surface area contributed by atoms with Crippen molar-refractivity contribution in [3.63, 3.8) is 0 Å². The van der Waals surface area contributed by atoms with Crippen LogP contribution in [0.2, 0.25) is 0 Å². The maximum absolute atomic E-state index is 6.83. The first-order valence-electron chi connectivity index (χ1n) is 17.5. The van der Waals surface area contributed by atoms with Crippen LogP contribution in [0, 0.1) is 0 Å². The molecule has 0 aliphatic heterocycles. The highest BCUT2D eigenvalue weighted by Gasteiger charge is 2.28. The molecule has 0 saturated carbocycles. The van der Waals surface area contributed by atoms with Gasteiger partial charge in [0.2, 0.25) is 0 Å². The molecular weight excluding hydrogens is 655 g/mol. The minimum atomic E-state index is 0.845. The largest absolute Gasteiger partial charge is 0.456 e. The Morgan fingerprint density at radius 2 is 1.00 bits per heavy atom. The normalized spacial score (nSPS) is 11.8. The standard InChI is InChI=1S/C48H29NO2S/c1-3-13-30(14-4-1)33-26-28-42-46(38-19-8-10-20-40(38)50-42)47(33)49(32-23-24-36-35-17-9-12-22-43(35)52-44(36)29-32)39-27-25-34(31-15-5-2-6-16-31)48-45(39)37-18-7-11-21-41(37)51-48/h1-29H. The number of hydrogen-bond donors (Lipinski definition) is 0. The van der Waals surface area contributed by atoms with Gasteiger partial charge in [-0.1, -0.05) is 121 Å². The molecule has 3 aromatic heterocycles. The van der Waals surface area contributed by atoms with Crippen molar-refractivity contribution in [1.82, 2.24) is 0 Å². The highest BCUT2D eigenvalue weighted by Crippen LogP contribution is 2.52. The van der Waals surface area contributed by atoms with E-state index in [0.717, 1.165) is 83.2 Å². The smallest absolute Gasteiger partial charge is 0.145 e. The van der Waals surface area contributed by atoms with Gasteiger partial charge in [-0.3, -0.25) is 0 Å². The summed E-state index contributed by atoms with van der Waals surface area (Å²) in [6.07, 6.45) is 0. The van der Waals surface area contributed by atoms with Gasteiger partial charge in [0.1, 0.15) is 22.3 Å². The zero-order valence-electron chi connectivity index (χ0n) is 27.9. The van der Waals surface area contributed by atoms with Gasteiger partial charge in [-0.15, -0.1) is 11.3 Å². The summed E-state index contributed by atoms with van der Waals surface area (Å²) in [5, 5.41) is 6.83. The number of fused-ring (bicyclic) bond motifs is 9. The third kappa shape index (κ3) is 4.38. The molecule has 0 atom stereocenters. The summed E-state index contributed by atoms with van der Waals surface area (Å²) in [5.74, 6) is 0. The molecule has 8 aromatic carbocycles. The van der Waals surface area contributed by atoms with Gasteiger partial charge in [-0.25, -0.2) is 0 Å². The van der Waals surface area contributed by atoms with Crippen LogP contribution in [0.15, 0.2) is 185 Å². The maximum Gasteiger partial charge on any atom is 0.145 e. The van der Waals surface area contributed by atoms with Gasteiger partial charge in [0.05, 0.1) is 22.1 Å². The van der Waals surface area contributed by atoms with E-state index < -0.39 is 0 Å². The topological polar surface area (TPSA) is 29.5 Å². The second-order valence-electron chi connectivity index (χ2n) is 13.2. The summed E-state index contributed by atoms with van der Waals surface area (Å²) >= 11 is 1.84. The third-order valence-electron chi connectivity index (χ3n) is 10.3. The van der Waals surface area contributed by atoms with E-state index in [4.69, 9.17) is 8.83 Å². The molecule has 0 fully saturated rings. The van der Waals surface area contributed by atoms with Crippen LogP contribution in [-0.4, -0.2) is 0 Å². The lowest BCUT2D eigenvalue weighted by molar-refractivity contribution is 0.669. The number of rotatable bonds is 5. The maximum atomic E-state index is 6.83. The molecule has 244 valence electrons. The fourth-order valence-electron chi connectivity index (χ4n) is 7.97. The zero-order chi connectivity index (χ0) is 34.2. The Morgan fingerprint density at radius 3 is 1.77 bits per heavy atom. The lowest BCUT2D eigenvalue weighted by Crippen LogP contribution is -2.12. The van der Waals surface area contributed by atoms with E-state index >= 15 is 0 Å². The predicted octanol–water partition coefficient (Wildman–Crippen LogP) is 14.7. The van der Waals surface area contributed by atoms with E-state index in [0.29, 0.717) is 0 Å².